The molecule has 1 rings (SSSR count). The van der Waals surface area contributed by atoms with Crippen LogP contribution in [-0.2, 0) is 14.8 Å². The predicted octanol–water partition coefficient (Wildman–Crippen LogP) is 0.150. The van der Waals surface area contributed by atoms with Crippen molar-refractivity contribution in [3.05, 3.63) is 0 Å². The Morgan fingerprint density at radius 1 is 1.69 bits per heavy atom. The van der Waals surface area contributed by atoms with E-state index in [9.17, 15) is 8.42 Å². The van der Waals surface area contributed by atoms with Crippen molar-refractivity contribution < 1.29 is 13.2 Å². The van der Waals surface area contributed by atoms with Gasteiger partial charge in [-0.15, -0.1) is 0 Å². The highest BCUT2D eigenvalue weighted by Crippen LogP contribution is 2.13. The molecule has 1 fully saturated rings. The largest absolute Gasteiger partial charge is 0.392 e. The summed E-state index contributed by atoms with van der Waals surface area (Å²) in [5, 5.41) is 0. The standard InChI is InChI=1S/C9H18N2O3S2/c1-2-8(9(10)15)11-16(12,13)6-7-4-3-5-14-7/h7-8,11H,2-6H2,1H3,(H2,10,15). The minimum atomic E-state index is -3.36. The van der Waals surface area contributed by atoms with E-state index in [2.05, 4.69) is 4.72 Å². The minimum Gasteiger partial charge on any atom is -0.392 e. The van der Waals surface area contributed by atoms with Crippen LogP contribution in [-0.4, -0.2) is 37.9 Å². The zero-order chi connectivity index (χ0) is 12.2. The molecule has 1 aliphatic heterocycles. The van der Waals surface area contributed by atoms with Crippen molar-refractivity contribution in [3.63, 3.8) is 0 Å². The molecule has 0 aromatic heterocycles. The quantitative estimate of drug-likeness (QED) is 0.669. The van der Waals surface area contributed by atoms with Gasteiger partial charge in [0.1, 0.15) is 0 Å². The molecule has 0 bridgehead atoms. The summed E-state index contributed by atoms with van der Waals surface area (Å²) in [6.45, 7) is 2.48. The third-order valence-corrected chi connectivity index (χ3v) is 4.24. The SMILES string of the molecule is CCC(NS(=O)(=O)CC1CCCO1)C(N)=S. The van der Waals surface area contributed by atoms with Gasteiger partial charge in [-0.05, 0) is 19.3 Å². The molecular weight excluding hydrogens is 248 g/mol. The Morgan fingerprint density at radius 3 is 2.81 bits per heavy atom. The lowest BCUT2D eigenvalue weighted by atomic mass is 10.2. The molecule has 2 atom stereocenters. The number of hydrogen-bond donors (Lipinski definition) is 2. The Bertz CT molecular complexity index is 337. The van der Waals surface area contributed by atoms with Gasteiger partial charge in [0.2, 0.25) is 10.0 Å². The predicted molar refractivity (Wildman–Crippen MR) is 66.8 cm³/mol. The van der Waals surface area contributed by atoms with Crippen LogP contribution in [0.5, 0.6) is 0 Å². The van der Waals surface area contributed by atoms with Crippen LogP contribution in [0.25, 0.3) is 0 Å². The maximum absolute atomic E-state index is 11.8. The molecule has 16 heavy (non-hydrogen) atoms. The number of nitrogens with two attached hydrogens (primary N) is 1. The van der Waals surface area contributed by atoms with Crippen molar-refractivity contribution >= 4 is 27.2 Å². The van der Waals surface area contributed by atoms with Crippen LogP contribution in [0.2, 0.25) is 0 Å². The smallest absolute Gasteiger partial charge is 0.214 e. The number of thiocarbonyl (C=S) groups is 1. The van der Waals surface area contributed by atoms with Crippen molar-refractivity contribution in [3.8, 4) is 0 Å². The van der Waals surface area contributed by atoms with Crippen molar-refractivity contribution in [2.75, 3.05) is 12.4 Å². The first-order valence-electron chi connectivity index (χ1n) is 5.35. The fourth-order valence-corrected chi connectivity index (χ4v) is 3.50. The van der Waals surface area contributed by atoms with Crippen molar-refractivity contribution in [2.24, 2.45) is 5.73 Å². The zero-order valence-electron chi connectivity index (χ0n) is 9.31. The number of rotatable bonds is 6. The van der Waals surface area contributed by atoms with E-state index < -0.39 is 16.1 Å². The molecule has 3 N–H and O–H groups in total. The molecular formula is C9H18N2O3S2. The molecule has 94 valence electrons. The first-order valence-corrected chi connectivity index (χ1v) is 7.41. The van der Waals surface area contributed by atoms with E-state index in [4.69, 9.17) is 22.7 Å². The van der Waals surface area contributed by atoms with Crippen LogP contribution < -0.4 is 10.5 Å². The van der Waals surface area contributed by atoms with E-state index in [0.717, 1.165) is 12.8 Å². The average Bonchev–Trinajstić information content (AvgIpc) is 2.65. The molecule has 2 unspecified atom stereocenters. The van der Waals surface area contributed by atoms with Gasteiger partial charge in [0.15, 0.2) is 0 Å². The highest BCUT2D eigenvalue weighted by molar-refractivity contribution is 7.89. The number of hydrogen-bond acceptors (Lipinski definition) is 4. The Morgan fingerprint density at radius 2 is 2.38 bits per heavy atom. The molecule has 1 saturated heterocycles. The Hall–Kier alpha value is -0.240. The normalized spacial score (nSPS) is 23.2. The Kier molecular flexibility index (Phi) is 5.10. The van der Waals surface area contributed by atoms with Crippen LogP contribution in [0.4, 0.5) is 0 Å². The molecule has 0 saturated carbocycles. The van der Waals surface area contributed by atoms with Gasteiger partial charge < -0.3 is 10.5 Å². The van der Waals surface area contributed by atoms with Gasteiger partial charge >= 0.3 is 0 Å². The van der Waals surface area contributed by atoms with E-state index in [1.165, 1.54) is 0 Å². The maximum atomic E-state index is 11.8. The monoisotopic (exact) mass is 266 g/mol. The van der Waals surface area contributed by atoms with Crippen molar-refractivity contribution in [1.82, 2.24) is 4.72 Å². The van der Waals surface area contributed by atoms with Gasteiger partial charge in [-0.25, -0.2) is 13.1 Å². The van der Waals surface area contributed by atoms with E-state index in [-0.39, 0.29) is 16.8 Å². The molecule has 1 aliphatic rings. The molecule has 5 nitrogen and oxygen atoms in total. The second kappa shape index (κ2) is 5.90. The average molecular weight is 266 g/mol. The van der Waals surface area contributed by atoms with Gasteiger partial charge in [0, 0.05) is 6.61 Å². The summed E-state index contributed by atoms with van der Waals surface area (Å²) in [6, 6.07) is -0.457. The van der Waals surface area contributed by atoms with Crippen molar-refractivity contribution in [2.45, 2.75) is 38.3 Å². The summed E-state index contributed by atoms with van der Waals surface area (Å²) < 4.78 is 31.3. The molecule has 0 spiro atoms. The third kappa shape index (κ3) is 4.32. The second-order valence-electron chi connectivity index (χ2n) is 3.90. The van der Waals surface area contributed by atoms with Crippen molar-refractivity contribution in [1.29, 1.82) is 0 Å². The lowest BCUT2D eigenvalue weighted by Crippen LogP contribution is -2.45. The number of nitrogens with one attached hydrogen (secondary N) is 1. The number of ether oxygens (including phenoxy) is 1. The lowest BCUT2D eigenvalue weighted by molar-refractivity contribution is 0.127. The first-order chi connectivity index (χ1) is 7.44. The topological polar surface area (TPSA) is 81.4 Å². The molecule has 0 aromatic rings. The third-order valence-electron chi connectivity index (χ3n) is 2.50. The summed E-state index contributed by atoms with van der Waals surface area (Å²) in [6.07, 6.45) is 2.08. The molecule has 0 aromatic carbocycles. The van der Waals surface area contributed by atoms with Gasteiger partial charge in [-0.2, -0.15) is 0 Å². The van der Waals surface area contributed by atoms with Crippen LogP contribution >= 0.6 is 12.2 Å². The summed E-state index contributed by atoms with van der Waals surface area (Å²) in [4.78, 5) is 0.179. The van der Waals surface area contributed by atoms with E-state index in [1.807, 2.05) is 6.92 Å². The minimum absolute atomic E-state index is 0.00782. The molecule has 7 heteroatoms. The van der Waals surface area contributed by atoms with Gasteiger partial charge in [0.25, 0.3) is 0 Å². The second-order valence-corrected chi connectivity index (χ2v) is 6.17. The van der Waals surface area contributed by atoms with E-state index in [0.29, 0.717) is 13.0 Å². The Labute approximate surface area is 102 Å². The van der Waals surface area contributed by atoms with Crippen LogP contribution in [0, 0.1) is 0 Å². The van der Waals surface area contributed by atoms with Crippen LogP contribution in [0.3, 0.4) is 0 Å². The lowest BCUT2D eigenvalue weighted by Gasteiger charge is -2.17. The van der Waals surface area contributed by atoms with Crippen LogP contribution in [0.15, 0.2) is 0 Å². The fraction of sp³-hybridized carbons (Fsp3) is 0.889. The maximum Gasteiger partial charge on any atom is 0.214 e. The molecule has 0 aliphatic carbocycles. The first kappa shape index (κ1) is 13.8. The summed E-state index contributed by atoms with van der Waals surface area (Å²) in [7, 11) is -3.36. The number of sulfonamides is 1. The Balaban J connectivity index is 2.52. The fourth-order valence-electron chi connectivity index (χ4n) is 1.63. The zero-order valence-corrected chi connectivity index (χ0v) is 10.9. The highest BCUT2D eigenvalue weighted by Gasteiger charge is 2.25. The van der Waals surface area contributed by atoms with Gasteiger partial charge in [0.05, 0.1) is 22.9 Å². The summed E-state index contributed by atoms with van der Waals surface area (Å²) in [5.74, 6) is -0.00782. The molecule has 1 heterocycles. The summed E-state index contributed by atoms with van der Waals surface area (Å²) >= 11 is 4.79. The molecule has 0 amide bonds. The van der Waals surface area contributed by atoms with Gasteiger partial charge in [-0.1, -0.05) is 19.1 Å². The van der Waals surface area contributed by atoms with E-state index in [1.54, 1.807) is 0 Å². The van der Waals surface area contributed by atoms with E-state index >= 15 is 0 Å². The summed E-state index contributed by atoms with van der Waals surface area (Å²) in [5.41, 5.74) is 5.44. The molecule has 0 radical (unpaired) electrons. The van der Waals surface area contributed by atoms with Gasteiger partial charge in [-0.3, -0.25) is 0 Å². The van der Waals surface area contributed by atoms with Crippen LogP contribution in [0.1, 0.15) is 26.2 Å². The highest BCUT2D eigenvalue weighted by atomic mass is 32.2.